The first-order valence-corrected chi connectivity index (χ1v) is 13.0. The average molecular weight is 525 g/mol. The van der Waals surface area contributed by atoms with Crippen LogP contribution in [-0.4, -0.2) is 93.1 Å². The Morgan fingerprint density at radius 1 is 1.08 bits per heavy atom. The Kier molecular flexibility index (Phi) is 6.25. The third-order valence-electron chi connectivity index (χ3n) is 5.87. The van der Waals surface area contributed by atoms with Gasteiger partial charge in [0, 0.05) is 37.9 Å². The number of fused-ring (bicyclic) bond motifs is 1. The van der Waals surface area contributed by atoms with Crippen LogP contribution < -0.4 is 0 Å². The van der Waals surface area contributed by atoms with E-state index >= 15 is 0 Å². The monoisotopic (exact) mass is 524 g/mol. The van der Waals surface area contributed by atoms with Gasteiger partial charge in [0.25, 0.3) is 21.7 Å². The number of amides is 1. The lowest BCUT2D eigenvalue weighted by Gasteiger charge is -2.36. The van der Waals surface area contributed by atoms with Crippen LogP contribution in [0.2, 0.25) is 0 Å². The number of carbonyl (C=O) groups is 2. The Morgan fingerprint density at radius 2 is 1.78 bits per heavy atom. The first-order chi connectivity index (χ1) is 17.7. The highest BCUT2D eigenvalue weighted by atomic mass is 32.2. The van der Waals surface area contributed by atoms with E-state index in [-0.39, 0.29) is 54.3 Å². The van der Waals surface area contributed by atoms with Crippen molar-refractivity contribution in [1.82, 2.24) is 34.8 Å². The van der Waals surface area contributed by atoms with Crippen molar-refractivity contribution in [2.45, 2.75) is 0 Å². The molecule has 37 heavy (non-hydrogen) atoms. The molecule has 0 unspecified atom stereocenters. The van der Waals surface area contributed by atoms with Gasteiger partial charge in [0.2, 0.25) is 0 Å². The summed E-state index contributed by atoms with van der Waals surface area (Å²) in [5, 5.41) is 7.49. The fourth-order valence-electron chi connectivity index (χ4n) is 4.19. The number of aromatic nitrogens is 5. The molecule has 1 amide bonds. The Balaban J connectivity index is 1.36. The summed E-state index contributed by atoms with van der Waals surface area (Å²) in [5.74, 6) is -1.92. The molecule has 1 saturated heterocycles. The van der Waals surface area contributed by atoms with Crippen molar-refractivity contribution in [3.63, 3.8) is 0 Å². The summed E-state index contributed by atoms with van der Waals surface area (Å²) in [5.41, 5.74) is 0.707. The van der Waals surface area contributed by atoms with Crippen LogP contribution in [0.15, 0.2) is 59.5 Å². The van der Waals surface area contributed by atoms with Gasteiger partial charge in [-0.05, 0) is 0 Å². The molecule has 1 aliphatic heterocycles. The highest BCUT2D eigenvalue weighted by Gasteiger charge is 2.31. The van der Waals surface area contributed by atoms with E-state index in [1.807, 2.05) is 6.07 Å². The minimum atomic E-state index is -3.68. The first-order valence-electron chi connectivity index (χ1n) is 11.2. The Labute approximate surface area is 210 Å². The molecule has 1 aliphatic rings. The minimum Gasteiger partial charge on any atom is -0.357 e. The number of rotatable bonds is 5. The molecule has 0 spiro atoms. The highest BCUT2D eigenvalue weighted by Crippen LogP contribution is 2.26. The molecule has 1 fully saturated rings. The number of sulfonamides is 1. The van der Waals surface area contributed by atoms with Crippen LogP contribution in [-0.2, 0) is 14.8 Å². The zero-order chi connectivity index (χ0) is 26.2. The topological polar surface area (TPSA) is 147 Å². The van der Waals surface area contributed by atoms with Crippen LogP contribution in [0.5, 0.6) is 0 Å². The number of carbonyl (C=O) groups excluding carboxylic acids is 2. The summed E-state index contributed by atoms with van der Waals surface area (Å²) < 4.78 is 43.8. The number of hydrogen-bond donors (Lipinski definition) is 1. The van der Waals surface area contributed by atoms with Crippen molar-refractivity contribution >= 4 is 38.5 Å². The summed E-state index contributed by atoms with van der Waals surface area (Å²) in [6.07, 6.45) is 6.19. The Bertz CT molecular complexity index is 1610. The molecule has 3 aromatic heterocycles. The molecule has 0 atom stereocenters. The van der Waals surface area contributed by atoms with Crippen LogP contribution in [0.4, 0.5) is 4.39 Å². The molecule has 12 nitrogen and oxygen atoms in total. The van der Waals surface area contributed by atoms with Crippen molar-refractivity contribution in [3.8, 4) is 5.82 Å². The molecule has 0 radical (unpaired) electrons. The summed E-state index contributed by atoms with van der Waals surface area (Å²) in [7, 11) is -3.68. The zero-order valence-electron chi connectivity index (χ0n) is 19.6. The average Bonchev–Trinajstić information content (AvgIpc) is 3.58. The van der Waals surface area contributed by atoms with Gasteiger partial charge in [-0.3, -0.25) is 9.59 Å². The van der Waals surface area contributed by atoms with E-state index in [4.69, 9.17) is 0 Å². The summed E-state index contributed by atoms with van der Waals surface area (Å²) in [4.78, 5) is 36.2. The minimum absolute atomic E-state index is 0.0656. The van der Waals surface area contributed by atoms with Crippen molar-refractivity contribution in [1.29, 1.82) is 0 Å². The summed E-state index contributed by atoms with van der Waals surface area (Å²) >= 11 is 0. The molecule has 4 aromatic rings. The van der Waals surface area contributed by atoms with E-state index < -0.39 is 27.5 Å². The number of hydrogen-bond acceptors (Lipinski definition) is 7. The molecular formula is C23H21FN8O4S. The normalized spacial score (nSPS) is 14.8. The maximum atomic E-state index is 14.7. The molecular weight excluding hydrogens is 503 g/mol. The number of pyridine rings is 1. The first kappa shape index (κ1) is 24.2. The van der Waals surface area contributed by atoms with E-state index in [1.54, 1.807) is 29.2 Å². The quantitative estimate of drug-likeness (QED) is 0.176. The summed E-state index contributed by atoms with van der Waals surface area (Å²) in [6, 6.07) is 8.85. The number of H-pyrrole nitrogens is 1. The Hall–Kier alpha value is -4.46. The number of piperazine rings is 1. The highest BCUT2D eigenvalue weighted by molar-refractivity contribution is 7.89. The van der Waals surface area contributed by atoms with Gasteiger partial charge in [0.05, 0.1) is 41.3 Å². The number of nitrogens with one attached hydrogen (secondary N) is 1. The van der Waals surface area contributed by atoms with Gasteiger partial charge >= 0.3 is 0 Å². The number of Topliss-reactive ketones (excluding diaryl/α,β-unsaturated/α-hetero) is 1. The molecule has 4 heterocycles. The van der Waals surface area contributed by atoms with Crippen LogP contribution in [0, 0.1) is 5.82 Å². The largest absolute Gasteiger partial charge is 0.357 e. The molecule has 0 saturated carbocycles. The van der Waals surface area contributed by atoms with Gasteiger partial charge in [0.1, 0.15) is 5.84 Å². The van der Waals surface area contributed by atoms with Crippen molar-refractivity contribution in [3.05, 3.63) is 72.1 Å². The third kappa shape index (κ3) is 4.82. The fraction of sp³-hybridized carbons (Fsp3) is 0.217. The van der Waals surface area contributed by atoms with Crippen LogP contribution in [0.3, 0.4) is 0 Å². The van der Waals surface area contributed by atoms with E-state index in [9.17, 15) is 22.4 Å². The van der Waals surface area contributed by atoms with Gasteiger partial charge in [-0.25, -0.2) is 22.5 Å². The van der Waals surface area contributed by atoms with Crippen molar-refractivity contribution < 1.29 is 22.4 Å². The molecule has 0 aliphatic carbocycles. The van der Waals surface area contributed by atoms with E-state index in [0.29, 0.717) is 5.56 Å². The van der Waals surface area contributed by atoms with E-state index in [1.165, 1.54) is 28.2 Å². The van der Waals surface area contributed by atoms with Gasteiger partial charge in [-0.1, -0.05) is 35.5 Å². The van der Waals surface area contributed by atoms with Crippen LogP contribution >= 0.6 is 0 Å². The number of amidine groups is 1. The second-order valence-electron chi connectivity index (χ2n) is 8.35. The smallest absolute Gasteiger partial charge is 0.295 e. The number of ketones is 1. The molecule has 0 bridgehead atoms. The van der Waals surface area contributed by atoms with Crippen molar-refractivity contribution in [2.24, 2.45) is 4.40 Å². The number of nitrogens with zero attached hydrogens (tertiary/aromatic N) is 7. The second-order valence-corrected chi connectivity index (χ2v) is 10.0. The van der Waals surface area contributed by atoms with Gasteiger partial charge in [-0.15, -0.1) is 9.50 Å². The predicted molar refractivity (Wildman–Crippen MR) is 131 cm³/mol. The fourth-order valence-corrected chi connectivity index (χ4v) is 4.72. The van der Waals surface area contributed by atoms with E-state index in [2.05, 4.69) is 24.7 Å². The van der Waals surface area contributed by atoms with Gasteiger partial charge in [-0.2, -0.15) is 0 Å². The molecule has 14 heteroatoms. The SMILES string of the molecule is CS(=O)(=O)/N=C(\c1ccccc1)N1CCN(C(=O)C(=O)c2c[nH]c3c(-n4ccnn4)ncc(F)c23)CC1. The molecule has 1 aromatic carbocycles. The van der Waals surface area contributed by atoms with Crippen LogP contribution in [0.25, 0.3) is 16.7 Å². The molecule has 1 N–H and O–H groups in total. The number of aromatic amines is 1. The predicted octanol–water partition coefficient (Wildman–Crippen LogP) is 1.02. The lowest BCUT2D eigenvalue weighted by Crippen LogP contribution is -2.52. The Morgan fingerprint density at radius 3 is 2.43 bits per heavy atom. The maximum absolute atomic E-state index is 14.7. The number of halogens is 1. The number of benzene rings is 1. The second kappa shape index (κ2) is 9.54. The lowest BCUT2D eigenvalue weighted by molar-refractivity contribution is -0.127. The zero-order valence-corrected chi connectivity index (χ0v) is 20.4. The van der Waals surface area contributed by atoms with Gasteiger partial charge in [0.15, 0.2) is 11.6 Å². The van der Waals surface area contributed by atoms with Gasteiger partial charge < -0.3 is 14.8 Å². The standard InChI is InChI=1S/C23H21FN8O4S/c1-37(35,36)28-21(15-5-3-2-4-6-15)30-9-11-31(12-10-30)23(34)20(33)16-13-25-19-18(16)17(24)14-26-22(19)32-8-7-27-29-32/h2-8,13-14,25H,9-12H2,1H3/b28-21+. The van der Waals surface area contributed by atoms with Crippen molar-refractivity contribution in [2.75, 3.05) is 32.4 Å². The lowest BCUT2D eigenvalue weighted by atomic mass is 10.1. The van der Waals surface area contributed by atoms with E-state index in [0.717, 1.165) is 12.5 Å². The third-order valence-corrected chi connectivity index (χ3v) is 6.38. The maximum Gasteiger partial charge on any atom is 0.295 e. The summed E-state index contributed by atoms with van der Waals surface area (Å²) in [6.45, 7) is 0.809. The van der Waals surface area contributed by atoms with Crippen LogP contribution in [0.1, 0.15) is 15.9 Å². The molecule has 5 rings (SSSR count). The molecule has 190 valence electrons.